The fourth-order valence-electron chi connectivity index (χ4n) is 3.12. The maximum absolute atomic E-state index is 12.6. The van der Waals surface area contributed by atoms with E-state index >= 15 is 0 Å². The molecule has 1 saturated heterocycles. The van der Waals surface area contributed by atoms with Crippen LogP contribution in [-0.4, -0.2) is 43.5 Å². The molecule has 0 bridgehead atoms. The van der Waals surface area contributed by atoms with E-state index in [9.17, 15) is 18.4 Å². The maximum atomic E-state index is 12.6. The number of carbonyl (C=O) groups is 2. The van der Waals surface area contributed by atoms with Crippen LogP contribution in [0.3, 0.4) is 0 Å². The monoisotopic (exact) mass is 410 g/mol. The van der Waals surface area contributed by atoms with Gasteiger partial charge in [0.15, 0.2) is 11.5 Å². The molecular weight excluding hydrogens is 390 g/mol. The fraction of sp³-hybridized carbons (Fsp3) is 0.368. The van der Waals surface area contributed by atoms with Gasteiger partial charge in [0.2, 0.25) is 5.91 Å². The number of nitrogens with one attached hydrogen (secondary N) is 1. The number of nitrogens with zero attached hydrogens (tertiary/aromatic N) is 1. The van der Waals surface area contributed by atoms with E-state index in [4.69, 9.17) is 4.74 Å². The third kappa shape index (κ3) is 4.78. The lowest BCUT2D eigenvalue weighted by atomic mass is 9.97. The number of anilines is 1. The smallest absolute Gasteiger partial charge is 0.387 e. The zero-order chi connectivity index (χ0) is 20.1. The lowest BCUT2D eigenvalue weighted by Crippen LogP contribution is -2.43. The molecule has 2 amide bonds. The van der Waals surface area contributed by atoms with E-state index in [2.05, 4.69) is 10.1 Å². The molecule has 1 aliphatic rings. The molecule has 1 aliphatic heterocycles. The van der Waals surface area contributed by atoms with Gasteiger partial charge in [-0.2, -0.15) is 8.78 Å². The van der Waals surface area contributed by atoms with Gasteiger partial charge in [0.25, 0.3) is 5.91 Å². The lowest BCUT2D eigenvalue weighted by Gasteiger charge is -2.31. The number of ether oxygens (including phenoxy) is 2. The van der Waals surface area contributed by atoms with Crippen molar-refractivity contribution in [2.75, 3.05) is 25.5 Å². The van der Waals surface area contributed by atoms with Gasteiger partial charge in [-0.25, -0.2) is 0 Å². The summed E-state index contributed by atoms with van der Waals surface area (Å²) in [6.45, 7) is -2.08. The van der Waals surface area contributed by atoms with E-state index in [1.54, 1.807) is 17.0 Å². The van der Waals surface area contributed by atoms with Crippen molar-refractivity contribution in [2.45, 2.75) is 19.5 Å². The molecule has 1 aromatic heterocycles. The first-order valence-corrected chi connectivity index (χ1v) is 9.62. The van der Waals surface area contributed by atoms with Crippen LogP contribution in [-0.2, 0) is 4.79 Å². The number of likely N-dealkylation sites (tertiary alicyclic amines) is 1. The van der Waals surface area contributed by atoms with E-state index in [1.165, 1.54) is 30.6 Å². The van der Waals surface area contributed by atoms with Crippen LogP contribution in [0.1, 0.15) is 22.5 Å². The summed E-state index contributed by atoms with van der Waals surface area (Å²) in [6, 6.07) is 7.86. The quantitative estimate of drug-likeness (QED) is 0.786. The number of hydrogen-bond donors (Lipinski definition) is 1. The highest BCUT2D eigenvalue weighted by molar-refractivity contribution is 7.12. The highest BCUT2D eigenvalue weighted by Gasteiger charge is 2.29. The number of methoxy groups -OCH3 is 1. The number of halogens is 2. The van der Waals surface area contributed by atoms with Crippen LogP contribution in [0.5, 0.6) is 11.5 Å². The molecule has 1 fully saturated rings. The zero-order valence-corrected chi connectivity index (χ0v) is 16.0. The Hall–Kier alpha value is -2.68. The van der Waals surface area contributed by atoms with Gasteiger partial charge in [-0.3, -0.25) is 9.59 Å². The number of hydrogen-bond acceptors (Lipinski definition) is 5. The number of carbonyl (C=O) groups excluding carboxylic acids is 2. The van der Waals surface area contributed by atoms with Gasteiger partial charge in [-0.05, 0) is 36.4 Å². The minimum Gasteiger partial charge on any atom is -0.493 e. The maximum Gasteiger partial charge on any atom is 0.387 e. The first-order valence-electron chi connectivity index (χ1n) is 8.74. The number of benzene rings is 1. The van der Waals surface area contributed by atoms with E-state index in [-0.39, 0.29) is 29.2 Å². The summed E-state index contributed by atoms with van der Waals surface area (Å²) < 4.78 is 34.5. The van der Waals surface area contributed by atoms with Gasteiger partial charge in [-0.15, -0.1) is 11.3 Å². The summed E-state index contributed by atoms with van der Waals surface area (Å²) in [5.41, 5.74) is 0.322. The highest BCUT2D eigenvalue weighted by atomic mass is 32.1. The average Bonchev–Trinajstić information content (AvgIpc) is 3.22. The Bertz CT molecular complexity index is 829. The van der Waals surface area contributed by atoms with Crippen LogP contribution >= 0.6 is 11.3 Å². The second-order valence-electron chi connectivity index (χ2n) is 6.30. The molecule has 28 heavy (non-hydrogen) atoms. The molecule has 1 atom stereocenters. The normalized spacial score (nSPS) is 16.7. The van der Waals surface area contributed by atoms with Crippen LogP contribution in [0.2, 0.25) is 0 Å². The molecule has 3 rings (SSSR count). The molecule has 2 heterocycles. The molecule has 150 valence electrons. The molecule has 0 radical (unpaired) electrons. The molecule has 9 heteroatoms. The van der Waals surface area contributed by atoms with Crippen molar-refractivity contribution >= 4 is 28.8 Å². The predicted octanol–water partition coefficient (Wildman–Crippen LogP) is 3.85. The van der Waals surface area contributed by atoms with Crippen LogP contribution in [0.15, 0.2) is 35.7 Å². The van der Waals surface area contributed by atoms with E-state index in [0.29, 0.717) is 30.1 Å². The summed E-state index contributed by atoms with van der Waals surface area (Å²) in [7, 11) is 1.34. The number of amides is 2. The van der Waals surface area contributed by atoms with Crippen LogP contribution in [0.4, 0.5) is 14.5 Å². The summed E-state index contributed by atoms with van der Waals surface area (Å²) in [6.07, 6.45) is 1.37. The SMILES string of the molecule is COc1ccc(NC(=O)C2CCCN(C(=O)c3cccs3)C2)cc1OC(F)F. The van der Waals surface area contributed by atoms with Gasteiger partial charge >= 0.3 is 6.61 Å². The molecule has 1 unspecified atom stereocenters. The molecule has 0 saturated carbocycles. The third-order valence-corrected chi connectivity index (χ3v) is 5.32. The Morgan fingerprint density at radius 3 is 2.79 bits per heavy atom. The van der Waals surface area contributed by atoms with Crippen molar-refractivity contribution in [2.24, 2.45) is 5.92 Å². The minimum absolute atomic E-state index is 0.0791. The van der Waals surface area contributed by atoms with Gasteiger partial charge in [0.1, 0.15) is 0 Å². The van der Waals surface area contributed by atoms with Gasteiger partial charge in [0.05, 0.1) is 17.9 Å². The number of alkyl halides is 2. The van der Waals surface area contributed by atoms with Crippen molar-refractivity contribution < 1.29 is 27.8 Å². The first kappa shape index (κ1) is 20.1. The summed E-state index contributed by atoms with van der Waals surface area (Å²) in [5.74, 6) is -0.738. The summed E-state index contributed by atoms with van der Waals surface area (Å²) >= 11 is 1.37. The number of thiophene rings is 1. The second kappa shape index (κ2) is 9.01. The molecule has 1 N–H and O–H groups in total. The van der Waals surface area contributed by atoms with Crippen molar-refractivity contribution in [3.8, 4) is 11.5 Å². The number of rotatable bonds is 6. The molecular formula is C19H20F2N2O4S. The van der Waals surface area contributed by atoms with Gasteiger partial charge < -0.3 is 19.7 Å². The molecule has 1 aromatic carbocycles. The van der Waals surface area contributed by atoms with E-state index in [0.717, 1.165) is 6.42 Å². The minimum atomic E-state index is -3.00. The van der Waals surface area contributed by atoms with Crippen molar-refractivity contribution in [1.29, 1.82) is 0 Å². The Kier molecular flexibility index (Phi) is 6.45. The first-order chi connectivity index (χ1) is 13.5. The highest BCUT2D eigenvalue weighted by Crippen LogP contribution is 2.32. The van der Waals surface area contributed by atoms with Crippen LogP contribution < -0.4 is 14.8 Å². The van der Waals surface area contributed by atoms with Crippen molar-refractivity contribution in [3.05, 3.63) is 40.6 Å². The number of piperidine rings is 1. The Labute approximate surface area is 165 Å². The molecule has 6 nitrogen and oxygen atoms in total. The topological polar surface area (TPSA) is 67.9 Å². The van der Waals surface area contributed by atoms with Crippen molar-refractivity contribution in [3.63, 3.8) is 0 Å². The van der Waals surface area contributed by atoms with E-state index < -0.39 is 6.61 Å². The third-order valence-electron chi connectivity index (χ3n) is 4.46. The Morgan fingerprint density at radius 2 is 2.11 bits per heavy atom. The Balaban J connectivity index is 1.66. The van der Waals surface area contributed by atoms with Crippen LogP contribution in [0, 0.1) is 5.92 Å². The van der Waals surface area contributed by atoms with Crippen molar-refractivity contribution in [1.82, 2.24) is 4.90 Å². The largest absolute Gasteiger partial charge is 0.493 e. The fourth-order valence-corrected chi connectivity index (χ4v) is 3.81. The Morgan fingerprint density at radius 1 is 1.29 bits per heavy atom. The average molecular weight is 410 g/mol. The lowest BCUT2D eigenvalue weighted by molar-refractivity contribution is -0.121. The summed E-state index contributed by atoms with van der Waals surface area (Å²) in [5, 5.41) is 4.55. The van der Waals surface area contributed by atoms with Gasteiger partial charge in [-0.1, -0.05) is 6.07 Å². The molecule has 2 aromatic rings. The zero-order valence-electron chi connectivity index (χ0n) is 15.2. The predicted molar refractivity (Wildman–Crippen MR) is 101 cm³/mol. The molecule has 0 spiro atoms. The summed E-state index contributed by atoms with van der Waals surface area (Å²) in [4.78, 5) is 27.5. The molecule has 0 aliphatic carbocycles. The van der Waals surface area contributed by atoms with E-state index in [1.807, 2.05) is 11.4 Å². The van der Waals surface area contributed by atoms with Crippen LogP contribution in [0.25, 0.3) is 0 Å². The second-order valence-corrected chi connectivity index (χ2v) is 7.25. The standard InChI is InChI=1S/C19H20F2N2O4S/c1-26-14-7-6-13(10-15(14)27-19(20)21)22-17(24)12-4-2-8-23(11-12)18(25)16-5-3-9-28-16/h3,5-7,9-10,12,19H,2,4,8,11H2,1H3,(H,22,24). The van der Waals surface area contributed by atoms with Gasteiger partial charge in [0, 0.05) is 24.8 Å².